The Kier molecular flexibility index (Phi) is 4.22. The summed E-state index contributed by atoms with van der Waals surface area (Å²) in [6, 6.07) is 4.01. The second-order valence-corrected chi connectivity index (χ2v) is 1.46. The number of aromatic nitrogens is 1. The van der Waals surface area contributed by atoms with E-state index in [2.05, 4.69) is 4.98 Å². The van der Waals surface area contributed by atoms with Crippen molar-refractivity contribution in [2.45, 2.75) is 6.92 Å². The normalized spacial score (nSPS) is 7.22. The van der Waals surface area contributed by atoms with Gasteiger partial charge < -0.3 is 10.1 Å². The fourth-order valence-corrected chi connectivity index (χ4v) is 0.420. The molecule has 0 aliphatic heterocycles. The van der Waals surface area contributed by atoms with Gasteiger partial charge in [-0.3, -0.25) is 4.79 Å². The summed E-state index contributed by atoms with van der Waals surface area (Å²) in [4.78, 5) is 11.4. The zero-order valence-corrected chi connectivity index (χ0v) is 5.16. The summed E-state index contributed by atoms with van der Waals surface area (Å²) in [5, 5.41) is 6.89. The van der Waals surface area contributed by atoms with E-state index in [0.29, 0.717) is 0 Å². The van der Waals surface area contributed by atoms with Crippen LogP contribution >= 0.6 is 0 Å². The number of aryl methyl sites for hydroxylation is 1. The lowest BCUT2D eigenvalue weighted by molar-refractivity contribution is -0.122. The molecule has 1 aromatic rings. The molecule has 3 heteroatoms. The minimum absolute atomic E-state index is 0.250. The maximum atomic E-state index is 8.36. The van der Waals surface area contributed by atoms with E-state index in [9.17, 15) is 0 Å². The van der Waals surface area contributed by atoms with Crippen LogP contribution in [-0.2, 0) is 4.79 Å². The smallest absolute Gasteiger partial charge is 0.290 e. The van der Waals surface area contributed by atoms with Gasteiger partial charge in [-0.05, 0) is 19.1 Å². The van der Waals surface area contributed by atoms with Crippen molar-refractivity contribution in [2.24, 2.45) is 0 Å². The Hall–Kier alpha value is -1.25. The molecule has 3 nitrogen and oxygen atoms in total. The summed E-state index contributed by atoms with van der Waals surface area (Å²) in [5.74, 6) is 0. The van der Waals surface area contributed by atoms with E-state index < -0.39 is 0 Å². The van der Waals surface area contributed by atoms with Crippen LogP contribution in [0.3, 0.4) is 0 Å². The zero-order chi connectivity index (χ0) is 7.11. The van der Waals surface area contributed by atoms with Crippen LogP contribution in [0.4, 0.5) is 0 Å². The molecule has 0 unspecified atom stereocenters. The molecule has 0 amide bonds. The number of hydrogen-bond donors (Lipinski definition) is 2. The van der Waals surface area contributed by atoms with E-state index in [1.807, 2.05) is 25.3 Å². The number of H-pyrrole nitrogens is 1. The Bertz CT molecular complexity index is 146. The van der Waals surface area contributed by atoms with Gasteiger partial charge in [-0.2, -0.15) is 0 Å². The predicted octanol–water partition coefficient (Wildman–Crippen LogP) is 1.02. The molecule has 0 fully saturated rings. The van der Waals surface area contributed by atoms with Crippen LogP contribution in [-0.4, -0.2) is 16.6 Å². The van der Waals surface area contributed by atoms with Gasteiger partial charge in [0, 0.05) is 11.9 Å². The second kappa shape index (κ2) is 4.90. The van der Waals surface area contributed by atoms with Crippen LogP contribution in [0.25, 0.3) is 0 Å². The molecule has 0 saturated carbocycles. The van der Waals surface area contributed by atoms with Crippen LogP contribution in [0.2, 0.25) is 0 Å². The van der Waals surface area contributed by atoms with Gasteiger partial charge in [0.05, 0.1) is 0 Å². The van der Waals surface area contributed by atoms with Crippen LogP contribution in [0.15, 0.2) is 18.3 Å². The summed E-state index contributed by atoms with van der Waals surface area (Å²) in [5.41, 5.74) is 1.22. The molecule has 2 N–H and O–H groups in total. The van der Waals surface area contributed by atoms with Crippen molar-refractivity contribution < 1.29 is 9.90 Å². The quantitative estimate of drug-likeness (QED) is 0.511. The van der Waals surface area contributed by atoms with Crippen LogP contribution in [0, 0.1) is 6.92 Å². The number of hydrogen-bond acceptors (Lipinski definition) is 1. The maximum Gasteiger partial charge on any atom is 0.290 e. The predicted molar refractivity (Wildman–Crippen MR) is 34.2 cm³/mol. The largest absolute Gasteiger partial charge is 0.483 e. The van der Waals surface area contributed by atoms with Gasteiger partial charge in [0.25, 0.3) is 6.47 Å². The minimum Gasteiger partial charge on any atom is -0.483 e. The molecule has 0 spiro atoms. The zero-order valence-electron chi connectivity index (χ0n) is 5.16. The average Bonchev–Trinajstić information content (AvgIpc) is 2.20. The van der Waals surface area contributed by atoms with Crippen molar-refractivity contribution in [3.8, 4) is 0 Å². The molecule has 1 aromatic heterocycles. The van der Waals surface area contributed by atoms with Crippen LogP contribution in [0.1, 0.15) is 5.69 Å². The second-order valence-electron chi connectivity index (χ2n) is 1.46. The van der Waals surface area contributed by atoms with Crippen molar-refractivity contribution in [1.82, 2.24) is 4.98 Å². The molecule has 50 valence electrons. The Morgan fingerprint density at radius 1 is 1.78 bits per heavy atom. The summed E-state index contributed by atoms with van der Waals surface area (Å²) < 4.78 is 0. The summed E-state index contributed by atoms with van der Waals surface area (Å²) in [6.07, 6.45) is 1.91. The van der Waals surface area contributed by atoms with Gasteiger partial charge >= 0.3 is 0 Å². The van der Waals surface area contributed by atoms with Gasteiger partial charge in [0.15, 0.2) is 0 Å². The third-order valence-corrected chi connectivity index (χ3v) is 0.753. The summed E-state index contributed by atoms with van der Waals surface area (Å²) >= 11 is 0. The van der Waals surface area contributed by atoms with Crippen molar-refractivity contribution in [1.29, 1.82) is 0 Å². The minimum atomic E-state index is -0.250. The highest BCUT2D eigenvalue weighted by atomic mass is 16.3. The molecule has 0 radical (unpaired) electrons. The van der Waals surface area contributed by atoms with Gasteiger partial charge in [0.1, 0.15) is 0 Å². The Labute approximate surface area is 53.3 Å². The van der Waals surface area contributed by atoms with E-state index in [0.717, 1.165) is 0 Å². The van der Waals surface area contributed by atoms with E-state index in [-0.39, 0.29) is 6.47 Å². The third-order valence-electron chi connectivity index (χ3n) is 0.753. The molecular formula is C6H9NO2. The van der Waals surface area contributed by atoms with Crippen molar-refractivity contribution in [3.05, 3.63) is 24.0 Å². The lowest BCUT2D eigenvalue weighted by Gasteiger charge is -1.70. The van der Waals surface area contributed by atoms with Crippen LogP contribution in [0.5, 0.6) is 0 Å². The Balaban J connectivity index is 0.000000187. The molecule has 0 bridgehead atoms. The van der Waals surface area contributed by atoms with Gasteiger partial charge in [-0.15, -0.1) is 0 Å². The fraction of sp³-hybridized carbons (Fsp3) is 0.167. The van der Waals surface area contributed by atoms with E-state index >= 15 is 0 Å². The molecule has 0 atom stereocenters. The Morgan fingerprint density at radius 3 is 2.44 bits per heavy atom. The molecule has 0 saturated heterocycles. The molecule has 0 aliphatic rings. The molecule has 0 aliphatic carbocycles. The fourth-order valence-electron chi connectivity index (χ4n) is 0.420. The molecule has 9 heavy (non-hydrogen) atoms. The van der Waals surface area contributed by atoms with E-state index in [1.165, 1.54) is 5.69 Å². The van der Waals surface area contributed by atoms with Crippen molar-refractivity contribution >= 4 is 6.47 Å². The van der Waals surface area contributed by atoms with E-state index in [4.69, 9.17) is 9.90 Å². The third kappa shape index (κ3) is 4.61. The highest BCUT2D eigenvalue weighted by Gasteiger charge is 1.72. The number of carboxylic acid groups (broad SMARTS) is 1. The van der Waals surface area contributed by atoms with Gasteiger partial charge in [0.2, 0.25) is 0 Å². The average molecular weight is 127 g/mol. The van der Waals surface area contributed by atoms with Crippen molar-refractivity contribution in [3.63, 3.8) is 0 Å². The van der Waals surface area contributed by atoms with Gasteiger partial charge in [-0.25, -0.2) is 0 Å². The Morgan fingerprint density at radius 2 is 2.33 bits per heavy atom. The van der Waals surface area contributed by atoms with Gasteiger partial charge in [-0.1, -0.05) is 0 Å². The van der Waals surface area contributed by atoms with E-state index in [1.54, 1.807) is 0 Å². The number of carbonyl (C=O) groups is 1. The number of nitrogens with one attached hydrogen (secondary N) is 1. The molecule has 0 aromatic carbocycles. The molecular weight excluding hydrogens is 118 g/mol. The first-order chi connectivity index (χ1) is 4.31. The standard InChI is InChI=1S/C5H7N.CH2O2/c1-5-3-2-4-6-5;2-1-3/h2-4,6H,1H3;1H,(H,2,3). The molecule has 1 heterocycles. The maximum absolute atomic E-state index is 8.36. The first-order valence-electron chi connectivity index (χ1n) is 2.49. The SMILES string of the molecule is Cc1ccc[nH]1.O=CO. The first-order valence-corrected chi connectivity index (χ1v) is 2.49. The highest BCUT2D eigenvalue weighted by molar-refractivity contribution is 5.32. The summed E-state index contributed by atoms with van der Waals surface area (Å²) in [7, 11) is 0. The first kappa shape index (κ1) is 7.75. The topological polar surface area (TPSA) is 53.1 Å². The number of aromatic amines is 1. The van der Waals surface area contributed by atoms with Crippen LogP contribution < -0.4 is 0 Å². The monoisotopic (exact) mass is 127 g/mol. The highest BCUT2D eigenvalue weighted by Crippen LogP contribution is 1.86. The lowest BCUT2D eigenvalue weighted by Crippen LogP contribution is -1.59. The lowest BCUT2D eigenvalue weighted by atomic mass is 10.5. The molecule has 1 rings (SSSR count). The van der Waals surface area contributed by atoms with Crippen molar-refractivity contribution in [2.75, 3.05) is 0 Å². The number of rotatable bonds is 0. The summed E-state index contributed by atoms with van der Waals surface area (Å²) in [6.45, 7) is 1.78.